The summed E-state index contributed by atoms with van der Waals surface area (Å²) in [7, 11) is 2.25. The van der Waals surface area contributed by atoms with Gasteiger partial charge < -0.3 is 10.2 Å². The van der Waals surface area contributed by atoms with Gasteiger partial charge in [0.2, 0.25) is 0 Å². The largest absolute Gasteiger partial charge is 0.311 e. The van der Waals surface area contributed by atoms with Crippen molar-refractivity contribution in [2.45, 2.75) is 44.2 Å². The van der Waals surface area contributed by atoms with Gasteiger partial charge in [-0.25, -0.2) is 0 Å². The Labute approximate surface area is 110 Å². The van der Waals surface area contributed by atoms with E-state index in [4.69, 9.17) is 0 Å². The molecule has 18 heavy (non-hydrogen) atoms. The molecule has 2 nitrogen and oxygen atoms in total. The lowest BCUT2D eigenvalue weighted by atomic mass is 10.0. The van der Waals surface area contributed by atoms with Gasteiger partial charge in [-0.15, -0.1) is 0 Å². The molecule has 0 heterocycles. The van der Waals surface area contributed by atoms with Gasteiger partial charge in [-0.2, -0.15) is 0 Å². The molecule has 2 aliphatic rings. The number of hydrogen-bond donors (Lipinski definition) is 1. The second-order valence-corrected chi connectivity index (χ2v) is 5.86. The third-order valence-corrected chi connectivity index (χ3v) is 4.20. The zero-order valence-corrected chi connectivity index (χ0v) is 11.4. The van der Waals surface area contributed by atoms with Crippen LogP contribution < -0.4 is 5.32 Å². The summed E-state index contributed by atoms with van der Waals surface area (Å²) in [5.74, 6) is 0.858. The van der Waals surface area contributed by atoms with E-state index in [9.17, 15) is 0 Å². The summed E-state index contributed by atoms with van der Waals surface area (Å²) in [6, 6.07) is 9.82. The number of rotatable bonds is 7. The molecule has 0 radical (unpaired) electrons. The monoisotopic (exact) mass is 244 g/mol. The van der Waals surface area contributed by atoms with E-state index in [2.05, 4.69) is 41.5 Å². The fraction of sp³-hybridized carbons (Fsp3) is 0.625. The number of nitrogens with one attached hydrogen (secondary N) is 1. The Morgan fingerprint density at radius 2 is 1.94 bits per heavy atom. The van der Waals surface area contributed by atoms with Crippen LogP contribution in [0.15, 0.2) is 24.3 Å². The molecule has 2 saturated carbocycles. The molecule has 0 amide bonds. The lowest BCUT2D eigenvalue weighted by Gasteiger charge is -2.16. The highest BCUT2D eigenvalue weighted by molar-refractivity contribution is 5.33. The lowest BCUT2D eigenvalue weighted by molar-refractivity contribution is 0.321. The zero-order valence-electron chi connectivity index (χ0n) is 11.4. The summed E-state index contributed by atoms with van der Waals surface area (Å²) < 4.78 is 0. The third kappa shape index (κ3) is 3.12. The van der Waals surface area contributed by atoms with Gasteiger partial charge in [-0.05, 0) is 49.8 Å². The summed E-state index contributed by atoms with van der Waals surface area (Å²) in [4.78, 5) is 2.49. The Bertz CT molecular complexity index is 394. The topological polar surface area (TPSA) is 15.3 Å². The molecular weight excluding hydrogens is 220 g/mol. The van der Waals surface area contributed by atoms with Gasteiger partial charge in [0, 0.05) is 25.7 Å². The highest BCUT2D eigenvalue weighted by Crippen LogP contribution is 2.41. The van der Waals surface area contributed by atoms with Crippen molar-refractivity contribution in [1.82, 2.24) is 10.2 Å². The first-order valence-electron chi connectivity index (χ1n) is 7.33. The first-order valence-corrected chi connectivity index (χ1v) is 7.33. The van der Waals surface area contributed by atoms with Crippen LogP contribution in [0.5, 0.6) is 0 Å². The van der Waals surface area contributed by atoms with Crippen LogP contribution in [0, 0.1) is 0 Å². The Hall–Kier alpha value is -0.860. The summed E-state index contributed by atoms with van der Waals surface area (Å²) in [5, 5.41) is 3.60. The Morgan fingerprint density at radius 1 is 1.17 bits per heavy atom. The maximum Gasteiger partial charge on any atom is 0.0208 e. The molecule has 0 atom stereocenters. The van der Waals surface area contributed by atoms with Crippen LogP contribution in [0.2, 0.25) is 0 Å². The summed E-state index contributed by atoms with van der Waals surface area (Å²) in [5.41, 5.74) is 3.09. The van der Waals surface area contributed by atoms with Crippen molar-refractivity contribution >= 4 is 0 Å². The van der Waals surface area contributed by atoms with E-state index in [0.29, 0.717) is 0 Å². The van der Waals surface area contributed by atoms with Gasteiger partial charge in [-0.3, -0.25) is 0 Å². The molecule has 1 N–H and O–H groups in total. The smallest absolute Gasteiger partial charge is 0.0208 e. The second kappa shape index (κ2) is 5.41. The Morgan fingerprint density at radius 3 is 2.67 bits per heavy atom. The SMILES string of the molecule is CN(CCNCc1ccccc1C1CC1)C1CC1. The fourth-order valence-corrected chi connectivity index (χ4v) is 2.66. The van der Waals surface area contributed by atoms with E-state index in [1.807, 2.05) is 0 Å². The Balaban J connectivity index is 1.44. The second-order valence-electron chi connectivity index (χ2n) is 5.86. The molecule has 0 aliphatic heterocycles. The summed E-state index contributed by atoms with van der Waals surface area (Å²) in [6.45, 7) is 3.31. The van der Waals surface area contributed by atoms with Gasteiger partial charge in [0.25, 0.3) is 0 Å². The molecule has 0 aromatic heterocycles. The minimum atomic E-state index is 0.858. The molecule has 2 fully saturated rings. The van der Waals surface area contributed by atoms with E-state index >= 15 is 0 Å². The lowest BCUT2D eigenvalue weighted by Crippen LogP contribution is -2.30. The van der Waals surface area contributed by atoms with Gasteiger partial charge in [0.15, 0.2) is 0 Å². The van der Waals surface area contributed by atoms with Crippen molar-refractivity contribution < 1.29 is 0 Å². The maximum absolute atomic E-state index is 3.60. The van der Waals surface area contributed by atoms with Crippen molar-refractivity contribution in [2.24, 2.45) is 0 Å². The standard InChI is InChI=1S/C16H24N2/c1-18(15-8-9-15)11-10-17-12-14-4-2-3-5-16(14)13-6-7-13/h2-5,13,15,17H,6-12H2,1H3. The normalized spacial score (nSPS) is 19.4. The molecule has 1 aromatic carbocycles. The molecule has 0 spiro atoms. The first-order chi connectivity index (χ1) is 8.84. The average Bonchev–Trinajstić information content (AvgIpc) is 3.28. The van der Waals surface area contributed by atoms with Crippen molar-refractivity contribution in [3.8, 4) is 0 Å². The minimum absolute atomic E-state index is 0.858. The van der Waals surface area contributed by atoms with E-state index in [-0.39, 0.29) is 0 Å². The summed E-state index contributed by atoms with van der Waals surface area (Å²) >= 11 is 0. The third-order valence-electron chi connectivity index (χ3n) is 4.20. The molecule has 98 valence electrons. The van der Waals surface area contributed by atoms with Crippen LogP contribution in [0.4, 0.5) is 0 Å². The van der Waals surface area contributed by atoms with Crippen LogP contribution in [0.3, 0.4) is 0 Å². The van der Waals surface area contributed by atoms with Crippen LogP contribution in [0.1, 0.15) is 42.7 Å². The summed E-state index contributed by atoms with van der Waals surface area (Å²) in [6.07, 6.45) is 5.59. The van der Waals surface area contributed by atoms with Crippen LogP contribution in [-0.2, 0) is 6.54 Å². The molecule has 0 bridgehead atoms. The van der Waals surface area contributed by atoms with E-state index < -0.39 is 0 Å². The van der Waals surface area contributed by atoms with E-state index in [1.165, 1.54) is 37.8 Å². The molecular formula is C16H24N2. The molecule has 2 aliphatic carbocycles. The Kier molecular flexibility index (Phi) is 3.67. The van der Waals surface area contributed by atoms with Crippen LogP contribution in [0.25, 0.3) is 0 Å². The van der Waals surface area contributed by atoms with E-state index in [0.717, 1.165) is 25.0 Å². The maximum atomic E-state index is 3.60. The first kappa shape index (κ1) is 12.2. The van der Waals surface area contributed by atoms with Crippen molar-refractivity contribution in [1.29, 1.82) is 0 Å². The molecule has 2 heteroatoms. The predicted octanol–water partition coefficient (Wildman–Crippen LogP) is 2.75. The quantitative estimate of drug-likeness (QED) is 0.742. The minimum Gasteiger partial charge on any atom is -0.311 e. The highest BCUT2D eigenvalue weighted by atomic mass is 15.2. The molecule has 0 saturated heterocycles. The fourth-order valence-electron chi connectivity index (χ4n) is 2.66. The number of hydrogen-bond acceptors (Lipinski definition) is 2. The van der Waals surface area contributed by atoms with Crippen molar-refractivity contribution in [3.05, 3.63) is 35.4 Å². The number of likely N-dealkylation sites (N-methyl/N-ethyl adjacent to an activating group) is 1. The molecule has 0 unspecified atom stereocenters. The van der Waals surface area contributed by atoms with Crippen LogP contribution in [-0.4, -0.2) is 31.1 Å². The van der Waals surface area contributed by atoms with Gasteiger partial charge in [0.1, 0.15) is 0 Å². The number of benzene rings is 1. The van der Waals surface area contributed by atoms with Crippen molar-refractivity contribution in [3.63, 3.8) is 0 Å². The van der Waals surface area contributed by atoms with Gasteiger partial charge in [-0.1, -0.05) is 24.3 Å². The molecule has 3 rings (SSSR count). The zero-order chi connectivity index (χ0) is 12.4. The average molecular weight is 244 g/mol. The number of nitrogens with zero attached hydrogens (tertiary/aromatic N) is 1. The predicted molar refractivity (Wildman–Crippen MR) is 75.8 cm³/mol. The molecule has 1 aromatic rings. The highest BCUT2D eigenvalue weighted by Gasteiger charge is 2.26. The van der Waals surface area contributed by atoms with E-state index in [1.54, 1.807) is 5.56 Å². The van der Waals surface area contributed by atoms with Crippen molar-refractivity contribution in [2.75, 3.05) is 20.1 Å². The van der Waals surface area contributed by atoms with Gasteiger partial charge >= 0.3 is 0 Å². The van der Waals surface area contributed by atoms with Gasteiger partial charge in [0.05, 0.1) is 0 Å². The van der Waals surface area contributed by atoms with Crippen LogP contribution >= 0.6 is 0 Å².